The number of aryl methyl sites for hydroxylation is 4. The van der Waals surface area contributed by atoms with Crippen LogP contribution in [0.15, 0.2) is 35.0 Å². The lowest BCUT2D eigenvalue weighted by molar-refractivity contribution is 1.03. The van der Waals surface area contributed by atoms with Crippen LogP contribution in [0.5, 0.6) is 0 Å². The summed E-state index contributed by atoms with van der Waals surface area (Å²) in [6.45, 7) is 11.7. The van der Waals surface area contributed by atoms with Gasteiger partial charge in [-0.3, -0.25) is 9.97 Å². The molecule has 1 aliphatic rings. The molecule has 0 unspecified atom stereocenters. The quantitative estimate of drug-likeness (QED) is 0.747. The van der Waals surface area contributed by atoms with Crippen LogP contribution in [-0.2, 0) is 0 Å². The van der Waals surface area contributed by atoms with Gasteiger partial charge in [-0.2, -0.15) is 10.2 Å². The molecule has 1 aliphatic heterocycles. The van der Waals surface area contributed by atoms with E-state index in [1.807, 2.05) is 53.9 Å². The Morgan fingerprint density at radius 1 is 0.609 bits per heavy atom. The van der Waals surface area contributed by atoms with Crippen LogP contribution in [0.3, 0.4) is 0 Å². The van der Waals surface area contributed by atoms with Crippen molar-refractivity contribution in [1.82, 2.24) is 19.9 Å². The van der Waals surface area contributed by atoms with E-state index < -0.39 is 0 Å². The third-order valence-corrected chi connectivity index (χ3v) is 2.72. The third-order valence-electron chi connectivity index (χ3n) is 2.72. The zero-order chi connectivity index (χ0) is 17.2. The Morgan fingerprint density at radius 2 is 1.04 bits per heavy atom. The average molecular weight is 312 g/mol. The first kappa shape index (κ1) is 18.5. The van der Waals surface area contributed by atoms with E-state index in [2.05, 4.69) is 30.1 Å². The summed E-state index contributed by atoms with van der Waals surface area (Å²) in [5.41, 5.74) is 5.29. The second-order valence-corrected chi connectivity index (χ2v) is 5.45. The van der Waals surface area contributed by atoms with Crippen molar-refractivity contribution in [3.63, 3.8) is 0 Å². The molecule has 0 N–H and O–H groups in total. The average Bonchev–Trinajstić information content (AvgIpc) is 2.90. The van der Waals surface area contributed by atoms with Gasteiger partial charge in [0, 0.05) is 42.6 Å². The van der Waals surface area contributed by atoms with Crippen molar-refractivity contribution in [2.24, 2.45) is 10.2 Å². The summed E-state index contributed by atoms with van der Waals surface area (Å²) in [6.07, 6.45) is 8.11. The summed E-state index contributed by atoms with van der Waals surface area (Å²) in [7, 11) is 0. The Hall–Kier alpha value is -2.50. The van der Waals surface area contributed by atoms with Crippen LogP contribution in [0.1, 0.15) is 43.0 Å². The van der Waals surface area contributed by atoms with Crippen molar-refractivity contribution in [3.8, 4) is 0 Å². The fourth-order valence-corrected chi connectivity index (χ4v) is 1.53. The van der Waals surface area contributed by atoms with Crippen LogP contribution in [0, 0.1) is 27.7 Å². The van der Waals surface area contributed by atoms with Gasteiger partial charge < -0.3 is 0 Å². The number of aromatic nitrogens is 4. The van der Waals surface area contributed by atoms with E-state index in [9.17, 15) is 0 Å². The Bertz CT molecular complexity index is 555. The van der Waals surface area contributed by atoms with Crippen molar-refractivity contribution in [2.75, 3.05) is 0 Å². The predicted octanol–water partition coefficient (Wildman–Crippen LogP) is 3.41. The van der Waals surface area contributed by atoms with Gasteiger partial charge in [-0.15, -0.1) is 0 Å². The minimum absolute atomic E-state index is 0.829. The topological polar surface area (TPSA) is 76.3 Å². The fraction of sp³-hybridized carbons (Fsp3) is 0.412. The summed E-state index contributed by atoms with van der Waals surface area (Å²) < 4.78 is 0. The molecule has 3 rings (SSSR count). The van der Waals surface area contributed by atoms with Gasteiger partial charge in [0.05, 0.1) is 11.4 Å². The fourth-order valence-electron chi connectivity index (χ4n) is 1.53. The SMILES string of the molecule is CC1=NN=C(C)C1.Cc1cnc(C)cn1.Cc1cnc(C)nc1. The molecular weight excluding hydrogens is 288 g/mol. The number of nitrogens with zero attached hydrogens (tertiary/aromatic N) is 6. The highest BCUT2D eigenvalue weighted by molar-refractivity contribution is 6.05. The summed E-state index contributed by atoms with van der Waals surface area (Å²) in [6, 6.07) is 0. The van der Waals surface area contributed by atoms with E-state index in [1.165, 1.54) is 0 Å². The van der Waals surface area contributed by atoms with E-state index in [0.717, 1.165) is 40.6 Å². The van der Waals surface area contributed by atoms with Crippen LogP contribution in [0.25, 0.3) is 0 Å². The molecule has 122 valence electrons. The second kappa shape index (κ2) is 9.50. The minimum atomic E-state index is 0.829. The van der Waals surface area contributed by atoms with Crippen molar-refractivity contribution in [3.05, 3.63) is 47.6 Å². The lowest BCUT2D eigenvalue weighted by Crippen LogP contribution is -1.90. The molecule has 0 fully saturated rings. The molecule has 0 aliphatic carbocycles. The van der Waals surface area contributed by atoms with E-state index >= 15 is 0 Å². The molecule has 23 heavy (non-hydrogen) atoms. The molecule has 6 heteroatoms. The number of hydrogen-bond donors (Lipinski definition) is 0. The lowest BCUT2D eigenvalue weighted by atomic mass is 10.2. The number of hydrogen-bond acceptors (Lipinski definition) is 6. The summed E-state index contributed by atoms with van der Waals surface area (Å²) in [4.78, 5) is 16.0. The van der Waals surface area contributed by atoms with E-state index in [-0.39, 0.29) is 0 Å². The smallest absolute Gasteiger partial charge is 0.125 e. The Morgan fingerprint density at radius 3 is 1.30 bits per heavy atom. The van der Waals surface area contributed by atoms with Crippen molar-refractivity contribution < 1.29 is 0 Å². The molecule has 2 aromatic rings. The van der Waals surface area contributed by atoms with Gasteiger partial charge in [-0.1, -0.05) is 0 Å². The van der Waals surface area contributed by atoms with Gasteiger partial charge in [0.15, 0.2) is 0 Å². The molecule has 0 spiro atoms. The standard InChI is InChI=1S/2C6H8N2.C5H8N2/c1-5-3-8-6(2)4-7-5;1-5-3-7-6(2)8-4-5;1-4-3-5(2)7-6-4/h2*3-4H,1-2H3;3H2,1-2H3. The Balaban J connectivity index is 0.000000173. The van der Waals surface area contributed by atoms with Gasteiger partial charge >= 0.3 is 0 Å². The van der Waals surface area contributed by atoms with Crippen LogP contribution in [-0.4, -0.2) is 31.4 Å². The first-order chi connectivity index (χ1) is 10.9. The largest absolute Gasteiger partial charge is 0.258 e. The molecule has 3 heterocycles. The molecule has 0 saturated carbocycles. The molecular formula is C17H24N6. The molecule has 0 radical (unpaired) electrons. The highest BCUT2D eigenvalue weighted by Crippen LogP contribution is 1.99. The monoisotopic (exact) mass is 312 g/mol. The summed E-state index contributed by atoms with van der Waals surface area (Å²) in [5.74, 6) is 0.829. The van der Waals surface area contributed by atoms with E-state index in [1.54, 1.807) is 12.4 Å². The van der Waals surface area contributed by atoms with Gasteiger partial charge in [0.25, 0.3) is 0 Å². The van der Waals surface area contributed by atoms with E-state index in [4.69, 9.17) is 0 Å². The maximum Gasteiger partial charge on any atom is 0.125 e. The zero-order valence-corrected chi connectivity index (χ0v) is 14.7. The third kappa shape index (κ3) is 8.50. The molecule has 0 atom stereocenters. The maximum absolute atomic E-state index is 4.02. The first-order valence-corrected chi connectivity index (χ1v) is 7.44. The van der Waals surface area contributed by atoms with Gasteiger partial charge in [0.2, 0.25) is 0 Å². The minimum Gasteiger partial charge on any atom is -0.258 e. The van der Waals surface area contributed by atoms with Gasteiger partial charge in [0.1, 0.15) is 5.82 Å². The van der Waals surface area contributed by atoms with Crippen LogP contribution < -0.4 is 0 Å². The molecule has 0 saturated heterocycles. The molecule has 2 aromatic heterocycles. The van der Waals surface area contributed by atoms with Gasteiger partial charge in [-0.25, -0.2) is 9.97 Å². The summed E-state index contributed by atoms with van der Waals surface area (Å²) in [5, 5.41) is 7.64. The highest BCUT2D eigenvalue weighted by atomic mass is 15.2. The maximum atomic E-state index is 4.02. The van der Waals surface area contributed by atoms with Crippen molar-refractivity contribution >= 4 is 11.4 Å². The molecule has 0 amide bonds. The van der Waals surface area contributed by atoms with E-state index in [0.29, 0.717) is 0 Å². The highest BCUT2D eigenvalue weighted by Gasteiger charge is 2.00. The Labute approximate surface area is 137 Å². The van der Waals surface area contributed by atoms with Crippen LogP contribution >= 0.6 is 0 Å². The lowest BCUT2D eigenvalue weighted by Gasteiger charge is -1.88. The van der Waals surface area contributed by atoms with Crippen LogP contribution in [0.2, 0.25) is 0 Å². The first-order valence-electron chi connectivity index (χ1n) is 7.44. The van der Waals surface area contributed by atoms with Crippen molar-refractivity contribution in [2.45, 2.75) is 48.0 Å². The van der Waals surface area contributed by atoms with Crippen LogP contribution in [0.4, 0.5) is 0 Å². The van der Waals surface area contributed by atoms with Crippen molar-refractivity contribution in [1.29, 1.82) is 0 Å². The molecule has 6 nitrogen and oxygen atoms in total. The normalized spacial score (nSPS) is 12.3. The summed E-state index contributed by atoms with van der Waals surface area (Å²) >= 11 is 0. The zero-order valence-electron chi connectivity index (χ0n) is 14.7. The number of rotatable bonds is 0. The Kier molecular flexibility index (Phi) is 7.66. The molecule has 0 aromatic carbocycles. The van der Waals surface area contributed by atoms with Gasteiger partial charge in [-0.05, 0) is 47.1 Å². The molecule has 0 bridgehead atoms. The second-order valence-electron chi connectivity index (χ2n) is 5.45. The predicted molar refractivity (Wildman–Crippen MR) is 93.8 cm³/mol.